The Morgan fingerprint density at radius 3 is 2.60 bits per heavy atom. The molecule has 1 saturated heterocycles. The van der Waals surface area contributed by atoms with Gasteiger partial charge in [0.2, 0.25) is 0 Å². The van der Waals surface area contributed by atoms with Crippen LogP contribution in [0.5, 0.6) is 5.75 Å². The molecule has 3 heteroatoms. The Kier molecular flexibility index (Phi) is 3.17. The van der Waals surface area contributed by atoms with Crippen molar-refractivity contribution < 1.29 is 4.74 Å². The van der Waals surface area contributed by atoms with Gasteiger partial charge in [-0.3, -0.25) is 0 Å². The molecule has 1 fully saturated rings. The van der Waals surface area contributed by atoms with Crippen LogP contribution in [-0.4, -0.2) is 18.7 Å². The molecular weight excluding hydrogens is 210 g/mol. The lowest BCUT2D eigenvalue weighted by Crippen LogP contribution is -2.43. The fourth-order valence-corrected chi connectivity index (χ4v) is 2.02. The molecule has 2 nitrogen and oxygen atoms in total. The average Bonchev–Trinajstić information content (AvgIpc) is 2.22. The molecular formula is C12H16ClNO. The average molecular weight is 226 g/mol. The fourth-order valence-electron chi connectivity index (χ4n) is 1.85. The molecule has 0 radical (unpaired) electrons. The van der Waals surface area contributed by atoms with Crippen LogP contribution >= 0.6 is 11.6 Å². The van der Waals surface area contributed by atoms with Crippen molar-refractivity contribution in [1.82, 2.24) is 5.32 Å². The van der Waals surface area contributed by atoms with Gasteiger partial charge in [0, 0.05) is 0 Å². The van der Waals surface area contributed by atoms with Crippen molar-refractivity contribution in [2.45, 2.75) is 25.4 Å². The van der Waals surface area contributed by atoms with Crippen molar-refractivity contribution in [2.75, 3.05) is 13.1 Å². The Morgan fingerprint density at radius 1 is 1.27 bits per heavy atom. The Labute approximate surface area is 95.6 Å². The third kappa shape index (κ3) is 2.64. The maximum Gasteiger partial charge on any atom is 0.138 e. The molecule has 0 spiro atoms. The predicted octanol–water partition coefficient (Wildman–Crippen LogP) is 2.86. The van der Waals surface area contributed by atoms with E-state index in [-0.39, 0.29) is 5.60 Å². The Bertz CT molecular complexity index is 334. The second-order valence-electron chi connectivity index (χ2n) is 4.23. The van der Waals surface area contributed by atoms with Gasteiger partial charge in [0.1, 0.15) is 11.4 Å². The maximum absolute atomic E-state index is 6.06. The Morgan fingerprint density at radius 2 is 1.93 bits per heavy atom. The van der Waals surface area contributed by atoms with Gasteiger partial charge in [0.25, 0.3) is 0 Å². The van der Waals surface area contributed by atoms with E-state index < -0.39 is 0 Å². The molecule has 0 aliphatic carbocycles. The molecule has 1 heterocycles. The quantitative estimate of drug-likeness (QED) is 0.836. The third-order valence-corrected chi connectivity index (χ3v) is 3.17. The van der Waals surface area contributed by atoms with Gasteiger partial charge >= 0.3 is 0 Å². The second-order valence-corrected chi connectivity index (χ2v) is 4.64. The number of hydrogen-bond donors (Lipinski definition) is 1. The Balaban J connectivity index is 2.10. The normalized spacial score (nSPS) is 19.9. The molecule has 15 heavy (non-hydrogen) atoms. The minimum absolute atomic E-state index is 0.0732. The van der Waals surface area contributed by atoms with Crippen molar-refractivity contribution in [3.05, 3.63) is 29.3 Å². The van der Waals surface area contributed by atoms with Crippen LogP contribution in [-0.2, 0) is 0 Å². The van der Waals surface area contributed by atoms with Gasteiger partial charge < -0.3 is 10.1 Å². The number of ether oxygens (including phenoxy) is 1. The lowest BCUT2D eigenvalue weighted by Gasteiger charge is -2.34. The highest BCUT2D eigenvalue weighted by molar-refractivity contribution is 6.32. The van der Waals surface area contributed by atoms with Crippen molar-refractivity contribution >= 4 is 11.6 Å². The highest BCUT2D eigenvalue weighted by atomic mass is 35.5. The first-order valence-corrected chi connectivity index (χ1v) is 5.72. The van der Waals surface area contributed by atoms with Gasteiger partial charge in [-0.05, 0) is 45.0 Å². The highest BCUT2D eigenvalue weighted by Gasteiger charge is 2.29. The van der Waals surface area contributed by atoms with E-state index in [1.54, 1.807) is 0 Å². The van der Waals surface area contributed by atoms with Gasteiger partial charge in [-0.25, -0.2) is 0 Å². The molecule has 0 atom stereocenters. The van der Waals surface area contributed by atoms with E-state index in [1.807, 2.05) is 24.3 Å². The molecule has 0 unspecified atom stereocenters. The van der Waals surface area contributed by atoms with E-state index in [2.05, 4.69) is 12.2 Å². The molecule has 0 aromatic heterocycles. The molecule has 0 bridgehead atoms. The summed E-state index contributed by atoms with van der Waals surface area (Å²) < 4.78 is 6.00. The van der Waals surface area contributed by atoms with Gasteiger partial charge in [-0.15, -0.1) is 0 Å². The van der Waals surface area contributed by atoms with Crippen LogP contribution in [0.2, 0.25) is 5.02 Å². The number of nitrogens with one attached hydrogen (secondary N) is 1. The fraction of sp³-hybridized carbons (Fsp3) is 0.500. The van der Waals surface area contributed by atoms with Gasteiger partial charge in [0.15, 0.2) is 0 Å². The molecule has 1 aromatic rings. The first-order chi connectivity index (χ1) is 7.20. The monoisotopic (exact) mass is 225 g/mol. The molecule has 1 aliphatic rings. The lowest BCUT2D eigenvalue weighted by molar-refractivity contribution is 0.0557. The summed E-state index contributed by atoms with van der Waals surface area (Å²) in [6.45, 7) is 4.18. The standard InChI is InChI=1S/C12H16ClNO/c1-12(6-8-14-9-7-12)15-11-5-3-2-4-10(11)13/h2-5,14H,6-9H2,1H3. The zero-order valence-corrected chi connectivity index (χ0v) is 9.68. The first kappa shape index (κ1) is 10.8. The van der Waals surface area contributed by atoms with Gasteiger partial charge in [-0.2, -0.15) is 0 Å². The van der Waals surface area contributed by atoms with E-state index >= 15 is 0 Å². The summed E-state index contributed by atoms with van der Waals surface area (Å²) in [6.07, 6.45) is 2.05. The van der Waals surface area contributed by atoms with Crippen LogP contribution in [0.3, 0.4) is 0 Å². The number of hydrogen-bond acceptors (Lipinski definition) is 2. The highest BCUT2D eigenvalue weighted by Crippen LogP contribution is 2.30. The molecule has 82 valence electrons. The number of para-hydroxylation sites is 1. The Hall–Kier alpha value is -0.730. The summed E-state index contributed by atoms with van der Waals surface area (Å²) in [7, 11) is 0. The molecule has 0 saturated carbocycles. The second kappa shape index (κ2) is 4.42. The van der Waals surface area contributed by atoms with Crippen LogP contribution in [0.1, 0.15) is 19.8 Å². The topological polar surface area (TPSA) is 21.3 Å². The molecule has 1 N–H and O–H groups in total. The zero-order valence-electron chi connectivity index (χ0n) is 8.92. The summed E-state index contributed by atoms with van der Waals surface area (Å²) in [5.74, 6) is 0.795. The number of benzene rings is 1. The van der Waals surface area contributed by atoms with Crippen molar-refractivity contribution in [3.8, 4) is 5.75 Å². The summed E-state index contributed by atoms with van der Waals surface area (Å²) in [4.78, 5) is 0. The van der Waals surface area contributed by atoms with E-state index in [0.29, 0.717) is 5.02 Å². The first-order valence-electron chi connectivity index (χ1n) is 5.34. The lowest BCUT2D eigenvalue weighted by atomic mass is 9.94. The molecule has 0 amide bonds. The van der Waals surface area contributed by atoms with Crippen LogP contribution in [0.4, 0.5) is 0 Å². The van der Waals surface area contributed by atoms with E-state index in [4.69, 9.17) is 16.3 Å². The SMILES string of the molecule is CC1(Oc2ccccc2Cl)CCNCC1. The largest absolute Gasteiger partial charge is 0.486 e. The predicted molar refractivity (Wildman–Crippen MR) is 62.6 cm³/mol. The van der Waals surface area contributed by atoms with Gasteiger partial charge in [0.05, 0.1) is 5.02 Å². The van der Waals surface area contributed by atoms with Crippen molar-refractivity contribution in [2.24, 2.45) is 0 Å². The number of rotatable bonds is 2. The van der Waals surface area contributed by atoms with Crippen molar-refractivity contribution in [1.29, 1.82) is 0 Å². The third-order valence-electron chi connectivity index (χ3n) is 2.85. The minimum Gasteiger partial charge on any atom is -0.486 e. The summed E-state index contributed by atoms with van der Waals surface area (Å²) in [6, 6.07) is 7.66. The zero-order chi connectivity index (χ0) is 10.7. The van der Waals surface area contributed by atoms with E-state index in [9.17, 15) is 0 Å². The van der Waals surface area contributed by atoms with Crippen LogP contribution in [0.15, 0.2) is 24.3 Å². The van der Waals surface area contributed by atoms with E-state index in [0.717, 1.165) is 31.7 Å². The number of halogens is 1. The van der Waals surface area contributed by atoms with Crippen LogP contribution < -0.4 is 10.1 Å². The molecule has 2 rings (SSSR count). The van der Waals surface area contributed by atoms with Crippen LogP contribution in [0.25, 0.3) is 0 Å². The van der Waals surface area contributed by atoms with Gasteiger partial charge in [-0.1, -0.05) is 23.7 Å². The summed E-state index contributed by atoms with van der Waals surface area (Å²) in [5, 5.41) is 4.02. The summed E-state index contributed by atoms with van der Waals surface area (Å²) in [5.41, 5.74) is -0.0732. The maximum atomic E-state index is 6.06. The summed E-state index contributed by atoms with van der Waals surface area (Å²) >= 11 is 6.06. The molecule has 1 aromatic carbocycles. The van der Waals surface area contributed by atoms with Crippen LogP contribution in [0, 0.1) is 0 Å². The minimum atomic E-state index is -0.0732. The molecule has 1 aliphatic heterocycles. The smallest absolute Gasteiger partial charge is 0.138 e. The van der Waals surface area contributed by atoms with Crippen molar-refractivity contribution in [3.63, 3.8) is 0 Å². The number of piperidine rings is 1. The van der Waals surface area contributed by atoms with E-state index in [1.165, 1.54) is 0 Å².